The lowest BCUT2D eigenvalue weighted by molar-refractivity contribution is 0.0926. The van der Waals surface area contributed by atoms with Crippen molar-refractivity contribution in [3.05, 3.63) is 23.8 Å². The topological polar surface area (TPSA) is 20.2 Å². The van der Waals surface area contributed by atoms with Crippen molar-refractivity contribution in [2.45, 2.75) is 52.6 Å². The monoisotopic (exact) mass is 220 g/mol. The molecule has 2 aliphatic carbocycles. The fourth-order valence-corrected chi connectivity index (χ4v) is 3.57. The molecule has 0 aromatic rings. The number of aliphatic hydroxyl groups excluding tert-OH is 1. The average molecular weight is 220 g/mol. The van der Waals surface area contributed by atoms with E-state index < -0.39 is 0 Å². The summed E-state index contributed by atoms with van der Waals surface area (Å²) in [6.45, 7) is 11.0. The highest BCUT2D eigenvalue weighted by molar-refractivity contribution is 5.18. The zero-order chi connectivity index (χ0) is 11.9. The fraction of sp³-hybridized carbons (Fsp3) is 0.733. The first-order valence-electron chi connectivity index (χ1n) is 6.44. The Hall–Kier alpha value is -0.560. The molecule has 1 N–H and O–H groups in total. The number of rotatable bonds is 0. The van der Waals surface area contributed by atoms with Crippen molar-refractivity contribution in [2.24, 2.45) is 17.3 Å². The number of aliphatic hydroxyl groups is 1. The first-order chi connectivity index (χ1) is 7.40. The molecule has 1 nitrogen and oxygen atoms in total. The predicted molar refractivity (Wildman–Crippen MR) is 68.1 cm³/mol. The van der Waals surface area contributed by atoms with E-state index in [0.29, 0.717) is 11.8 Å². The molecule has 1 fully saturated rings. The number of hydrogen-bond acceptors (Lipinski definition) is 1. The van der Waals surface area contributed by atoms with Gasteiger partial charge in [-0.25, -0.2) is 0 Å². The Morgan fingerprint density at radius 1 is 1.44 bits per heavy atom. The summed E-state index contributed by atoms with van der Waals surface area (Å²) in [4.78, 5) is 0. The standard InChI is InChI=1S/C15H24O/c1-10-5-6-12-8-14(10)15(3,4)9-13(16)7-11(12)2/h7,12-14,16H,1,5-6,8-9H2,2-4H3/b11-7-. The van der Waals surface area contributed by atoms with Gasteiger partial charge in [-0.05, 0) is 49.9 Å². The van der Waals surface area contributed by atoms with E-state index in [-0.39, 0.29) is 11.5 Å². The second kappa shape index (κ2) is 4.03. The minimum Gasteiger partial charge on any atom is -0.389 e. The van der Waals surface area contributed by atoms with Crippen LogP contribution in [-0.4, -0.2) is 11.2 Å². The van der Waals surface area contributed by atoms with Crippen molar-refractivity contribution >= 4 is 0 Å². The lowest BCUT2D eigenvalue weighted by Gasteiger charge is -2.44. The highest BCUT2D eigenvalue weighted by Gasteiger charge is 2.39. The number of hydrogen-bond donors (Lipinski definition) is 1. The van der Waals surface area contributed by atoms with Crippen molar-refractivity contribution < 1.29 is 5.11 Å². The third-order valence-corrected chi connectivity index (χ3v) is 4.60. The van der Waals surface area contributed by atoms with Gasteiger partial charge in [0.15, 0.2) is 0 Å². The maximum absolute atomic E-state index is 10.1. The van der Waals surface area contributed by atoms with Crippen LogP contribution in [0.15, 0.2) is 23.8 Å². The summed E-state index contributed by atoms with van der Waals surface area (Å²) in [5.74, 6) is 1.26. The van der Waals surface area contributed by atoms with Crippen molar-refractivity contribution in [3.63, 3.8) is 0 Å². The molecule has 2 bridgehead atoms. The van der Waals surface area contributed by atoms with E-state index >= 15 is 0 Å². The lowest BCUT2D eigenvalue weighted by Crippen LogP contribution is -2.35. The molecule has 2 aliphatic rings. The smallest absolute Gasteiger partial charge is 0.0728 e. The van der Waals surface area contributed by atoms with Gasteiger partial charge in [0.05, 0.1) is 6.10 Å². The SMILES string of the molecule is C=C1CCC2CC1C(C)(C)CC(O)/C=C\2C. The quantitative estimate of drug-likeness (QED) is 0.617. The van der Waals surface area contributed by atoms with Gasteiger partial charge in [0, 0.05) is 0 Å². The molecule has 0 radical (unpaired) electrons. The summed E-state index contributed by atoms with van der Waals surface area (Å²) in [7, 11) is 0. The average Bonchev–Trinajstić information content (AvgIpc) is 2.15. The summed E-state index contributed by atoms with van der Waals surface area (Å²) in [5, 5.41) is 10.1. The molecule has 3 unspecified atom stereocenters. The van der Waals surface area contributed by atoms with Crippen LogP contribution in [0.2, 0.25) is 0 Å². The van der Waals surface area contributed by atoms with Gasteiger partial charge in [0.2, 0.25) is 0 Å². The van der Waals surface area contributed by atoms with Crippen LogP contribution in [0.1, 0.15) is 46.5 Å². The van der Waals surface area contributed by atoms with E-state index in [9.17, 15) is 5.11 Å². The van der Waals surface area contributed by atoms with Crippen LogP contribution in [0.3, 0.4) is 0 Å². The van der Waals surface area contributed by atoms with Crippen molar-refractivity contribution in [3.8, 4) is 0 Å². The van der Waals surface area contributed by atoms with Crippen molar-refractivity contribution in [1.82, 2.24) is 0 Å². The van der Waals surface area contributed by atoms with Gasteiger partial charge in [-0.15, -0.1) is 0 Å². The molecule has 0 aromatic carbocycles. The van der Waals surface area contributed by atoms with Crippen LogP contribution < -0.4 is 0 Å². The molecule has 0 aromatic heterocycles. The Kier molecular flexibility index (Phi) is 3.00. The van der Waals surface area contributed by atoms with Gasteiger partial charge in [0.25, 0.3) is 0 Å². The Balaban J connectivity index is 2.34. The van der Waals surface area contributed by atoms with Crippen LogP contribution >= 0.6 is 0 Å². The highest BCUT2D eigenvalue weighted by atomic mass is 16.3. The number of allylic oxidation sites excluding steroid dienone is 2. The van der Waals surface area contributed by atoms with E-state index in [1.807, 2.05) is 0 Å². The van der Waals surface area contributed by atoms with E-state index in [2.05, 4.69) is 33.4 Å². The first kappa shape index (κ1) is 11.9. The van der Waals surface area contributed by atoms with Crippen molar-refractivity contribution in [1.29, 1.82) is 0 Å². The minimum atomic E-state index is -0.272. The van der Waals surface area contributed by atoms with E-state index in [0.717, 1.165) is 6.42 Å². The Labute approximate surface area is 99.3 Å². The minimum absolute atomic E-state index is 0.187. The molecule has 2 rings (SSSR count). The summed E-state index contributed by atoms with van der Waals surface area (Å²) in [5.41, 5.74) is 2.98. The van der Waals surface area contributed by atoms with Crippen LogP contribution in [0.25, 0.3) is 0 Å². The zero-order valence-electron chi connectivity index (χ0n) is 10.8. The predicted octanol–water partition coefficient (Wildman–Crippen LogP) is 3.70. The summed E-state index contributed by atoms with van der Waals surface area (Å²) in [6, 6.07) is 0. The third kappa shape index (κ3) is 2.10. The molecule has 16 heavy (non-hydrogen) atoms. The summed E-state index contributed by atoms with van der Waals surface area (Å²) in [6.07, 6.45) is 6.30. The Morgan fingerprint density at radius 2 is 2.12 bits per heavy atom. The molecule has 0 saturated heterocycles. The number of fused-ring (bicyclic) bond motifs is 2. The molecule has 1 saturated carbocycles. The first-order valence-corrected chi connectivity index (χ1v) is 6.44. The third-order valence-electron chi connectivity index (χ3n) is 4.60. The van der Waals surface area contributed by atoms with E-state index in [4.69, 9.17) is 0 Å². The lowest BCUT2D eigenvalue weighted by atomic mass is 9.61. The summed E-state index contributed by atoms with van der Waals surface area (Å²) >= 11 is 0. The van der Waals surface area contributed by atoms with Crippen molar-refractivity contribution in [2.75, 3.05) is 0 Å². The summed E-state index contributed by atoms with van der Waals surface area (Å²) < 4.78 is 0. The van der Waals surface area contributed by atoms with Gasteiger partial charge in [0.1, 0.15) is 0 Å². The molecule has 0 heterocycles. The molecule has 3 atom stereocenters. The van der Waals surface area contributed by atoms with E-state index in [1.54, 1.807) is 0 Å². The van der Waals surface area contributed by atoms with Gasteiger partial charge in [-0.2, -0.15) is 0 Å². The maximum Gasteiger partial charge on any atom is 0.0728 e. The van der Waals surface area contributed by atoms with Gasteiger partial charge in [-0.3, -0.25) is 0 Å². The molecule has 0 aliphatic heterocycles. The van der Waals surface area contributed by atoms with Crippen LogP contribution in [0, 0.1) is 17.3 Å². The van der Waals surface area contributed by atoms with Crippen LogP contribution in [0.5, 0.6) is 0 Å². The molecule has 0 spiro atoms. The molecule has 90 valence electrons. The maximum atomic E-state index is 10.1. The van der Waals surface area contributed by atoms with Crippen LogP contribution in [0.4, 0.5) is 0 Å². The second-order valence-corrected chi connectivity index (χ2v) is 6.35. The normalized spacial score (nSPS) is 41.9. The molecular weight excluding hydrogens is 196 g/mol. The highest BCUT2D eigenvalue weighted by Crippen LogP contribution is 2.48. The largest absolute Gasteiger partial charge is 0.389 e. The fourth-order valence-electron chi connectivity index (χ4n) is 3.57. The Morgan fingerprint density at radius 3 is 2.81 bits per heavy atom. The second-order valence-electron chi connectivity index (χ2n) is 6.35. The van der Waals surface area contributed by atoms with E-state index in [1.165, 1.54) is 30.4 Å². The molecule has 0 amide bonds. The molecule has 1 heteroatoms. The molecular formula is C15H24O. The van der Waals surface area contributed by atoms with Crippen LogP contribution in [-0.2, 0) is 0 Å². The zero-order valence-corrected chi connectivity index (χ0v) is 10.8. The Bertz CT molecular complexity index is 324. The van der Waals surface area contributed by atoms with Gasteiger partial charge < -0.3 is 5.11 Å². The van der Waals surface area contributed by atoms with Gasteiger partial charge in [-0.1, -0.05) is 37.6 Å². The van der Waals surface area contributed by atoms with Gasteiger partial charge >= 0.3 is 0 Å².